The van der Waals surface area contributed by atoms with Crippen LogP contribution in [-0.4, -0.2) is 22.5 Å². The van der Waals surface area contributed by atoms with Crippen LogP contribution < -0.4 is 11.1 Å². The molecule has 4 N–H and O–H groups in total. The molecular formula is C14H19N3O2. The number of nitrogens with two attached hydrogens (primary N) is 1. The van der Waals surface area contributed by atoms with Crippen LogP contribution >= 0.6 is 0 Å². The highest BCUT2D eigenvalue weighted by Gasteiger charge is 2.30. The molecule has 1 aliphatic carbocycles. The number of amides is 1. The monoisotopic (exact) mass is 261 g/mol. The van der Waals surface area contributed by atoms with E-state index in [0.717, 1.165) is 12.8 Å². The first kappa shape index (κ1) is 13.4. The first-order valence-corrected chi connectivity index (χ1v) is 6.44. The maximum atomic E-state index is 12.1. The third-order valence-electron chi connectivity index (χ3n) is 3.67. The van der Waals surface area contributed by atoms with E-state index in [1.54, 1.807) is 24.3 Å². The summed E-state index contributed by atoms with van der Waals surface area (Å²) in [6.07, 6.45) is 4.39. The summed E-state index contributed by atoms with van der Waals surface area (Å²) >= 11 is 0. The van der Waals surface area contributed by atoms with Gasteiger partial charge in [-0.2, -0.15) is 0 Å². The topological polar surface area (TPSA) is 87.7 Å². The largest absolute Gasteiger partial charge is 0.409 e. The average Bonchev–Trinajstić information content (AvgIpc) is 2.84. The molecule has 0 unspecified atom stereocenters. The second-order valence-corrected chi connectivity index (χ2v) is 5.28. The van der Waals surface area contributed by atoms with Crippen molar-refractivity contribution in [3.05, 3.63) is 35.4 Å². The third-order valence-corrected chi connectivity index (χ3v) is 3.67. The molecule has 1 fully saturated rings. The molecule has 5 heteroatoms. The predicted octanol–water partition coefficient (Wildman–Crippen LogP) is 1.84. The minimum absolute atomic E-state index is 0.0368. The molecule has 0 aliphatic heterocycles. The van der Waals surface area contributed by atoms with E-state index in [1.165, 1.54) is 12.8 Å². The number of oxime groups is 1. The molecule has 1 aromatic carbocycles. The van der Waals surface area contributed by atoms with Gasteiger partial charge in [0, 0.05) is 16.7 Å². The minimum Gasteiger partial charge on any atom is -0.409 e. The van der Waals surface area contributed by atoms with Gasteiger partial charge in [0.15, 0.2) is 5.84 Å². The Kier molecular flexibility index (Phi) is 3.74. The van der Waals surface area contributed by atoms with Gasteiger partial charge in [-0.1, -0.05) is 30.1 Å². The minimum atomic E-state index is -0.0820. The number of nitrogens with zero attached hydrogens (tertiary/aromatic N) is 1. The van der Waals surface area contributed by atoms with Gasteiger partial charge in [0.25, 0.3) is 5.91 Å². The average molecular weight is 261 g/mol. The molecule has 0 atom stereocenters. The van der Waals surface area contributed by atoms with Crippen molar-refractivity contribution in [1.29, 1.82) is 0 Å². The summed E-state index contributed by atoms with van der Waals surface area (Å²) in [5.41, 5.74) is 6.57. The molecule has 2 rings (SSSR count). The first-order chi connectivity index (χ1) is 9.04. The molecule has 5 nitrogen and oxygen atoms in total. The molecule has 1 aliphatic rings. The number of benzene rings is 1. The van der Waals surface area contributed by atoms with Gasteiger partial charge in [0.05, 0.1) is 0 Å². The Hall–Kier alpha value is -2.04. The zero-order chi connectivity index (χ0) is 13.9. The van der Waals surface area contributed by atoms with Gasteiger partial charge in [-0.05, 0) is 31.9 Å². The van der Waals surface area contributed by atoms with Crippen LogP contribution in [0.4, 0.5) is 0 Å². The molecule has 19 heavy (non-hydrogen) atoms. The maximum absolute atomic E-state index is 12.1. The van der Waals surface area contributed by atoms with Gasteiger partial charge in [-0.15, -0.1) is 0 Å². The van der Waals surface area contributed by atoms with E-state index < -0.39 is 0 Å². The molecule has 102 valence electrons. The second kappa shape index (κ2) is 5.30. The predicted molar refractivity (Wildman–Crippen MR) is 73.3 cm³/mol. The molecule has 0 heterocycles. The zero-order valence-electron chi connectivity index (χ0n) is 11.0. The highest BCUT2D eigenvalue weighted by Crippen LogP contribution is 2.29. The smallest absolute Gasteiger partial charge is 0.251 e. The van der Waals surface area contributed by atoms with Crippen molar-refractivity contribution >= 4 is 11.7 Å². The van der Waals surface area contributed by atoms with Crippen LogP contribution in [0.3, 0.4) is 0 Å². The third kappa shape index (κ3) is 3.05. The van der Waals surface area contributed by atoms with Gasteiger partial charge in [0.2, 0.25) is 0 Å². The number of nitrogens with one attached hydrogen (secondary N) is 1. The Morgan fingerprint density at radius 1 is 1.26 bits per heavy atom. The summed E-state index contributed by atoms with van der Waals surface area (Å²) in [5.74, 6) is -0.0369. The Labute approximate surface area is 112 Å². The fourth-order valence-electron chi connectivity index (χ4n) is 2.48. The Morgan fingerprint density at radius 2 is 1.79 bits per heavy atom. The van der Waals surface area contributed by atoms with Gasteiger partial charge in [-0.3, -0.25) is 4.79 Å². The van der Waals surface area contributed by atoms with Crippen molar-refractivity contribution in [3.8, 4) is 0 Å². The maximum Gasteiger partial charge on any atom is 0.251 e. The fourth-order valence-corrected chi connectivity index (χ4v) is 2.48. The van der Waals surface area contributed by atoms with Crippen molar-refractivity contribution in [2.24, 2.45) is 10.9 Å². The number of carbonyl (C=O) groups is 1. The molecule has 1 aromatic rings. The summed E-state index contributed by atoms with van der Waals surface area (Å²) < 4.78 is 0. The summed E-state index contributed by atoms with van der Waals surface area (Å²) in [7, 11) is 0. The van der Waals surface area contributed by atoms with E-state index in [4.69, 9.17) is 10.9 Å². The second-order valence-electron chi connectivity index (χ2n) is 5.28. The van der Waals surface area contributed by atoms with Crippen LogP contribution in [0.2, 0.25) is 0 Å². The van der Waals surface area contributed by atoms with Crippen LogP contribution in [0, 0.1) is 0 Å². The summed E-state index contributed by atoms with van der Waals surface area (Å²) in [6, 6.07) is 6.70. The SMILES string of the molecule is CC1(NC(=O)c2ccc(C(N)=NO)cc2)CCCC1. The normalized spacial score (nSPS) is 18.3. The fraction of sp³-hybridized carbons (Fsp3) is 0.429. The lowest BCUT2D eigenvalue weighted by atomic mass is 10.00. The number of carbonyl (C=O) groups excluding carboxylic acids is 1. The lowest BCUT2D eigenvalue weighted by Crippen LogP contribution is -2.43. The van der Waals surface area contributed by atoms with Crippen molar-refractivity contribution in [1.82, 2.24) is 5.32 Å². The van der Waals surface area contributed by atoms with E-state index in [1.807, 2.05) is 0 Å². The van der Waals surface area contributed by atoms with Crippen molar-refractivity contribution < 1.29 is 10.0 Å². The van der Waals surface area contributed by atoms with Crippen LogP contribution in [-0.2, 0) is 0 Å². The molecule has 0 saturated heterocycles. The standard InChI is InChI=1S/C14H19N3O2/c1-14(8-2-3-9-14)16-13(18)11-6-4-10(5-7-11)12(15)17-19/h4-7,19H,2-3,8-9H2,1H3,(H2,15,17)(H,16,18). The van der Waals surface area contributed by atoms with E-state index in [2.05, 4.69) is 17.4 Å². The van der Waals surface area contributed by atoms with E-state index in [0.29, 0.717) is 11.1 Å². The van der Waals surface area contributed by atoms with E-state index in [-0.39, 0.29) is 17.3 Å². The van der Waals surface area contributed by atoms with Crippen LogP contribution in [0.25, 0.3) is 0 Å². The van der Waals surface area contributed by atoms with Crippen LogP contribution in [0.5, 0.6) is 0 Å². The van der Waals surface area contributed by atoms with Crippen molar-refractivity contribution in [2.75, 3.05) is 0 Å². The van der Waals surface area contributed by atoms with Crippen LogP contribution in [0.15, 0.2) is 29.4 Å². The van der Waals surface area contributed by atoms with E-state index in [9.17, 15) is 4.79 Å². The highest BCUT2D eigenvalue weighted by molar-refractivity contribution is 5.99. The van der Waals surface area contributed by atoms with Crippen molar-refractivity contribution in [2.45, 2.75) is 38.1 Å². The Bertz CT molecular complexity index is 488. The highest BCUT2D eigenvalue weighted by atomic mass is 16.4. The van der Waals surface area contributed by atoms with Gasteiger partial charge >= 0.3 is 0 Å². The molecule has 0 radical (unpaired) electrons. The Morgan fingerprint density at radius 3 is 2.32 bits per heavy atom. The number of hydrogen-bond acceptors (Lipinski definition) is 3. The Balaban J connectivity index is 2.07. The van der Waals surface area contributed by atoms with Gasteiger partial charge < -0.3 is 16.3 Å². The number of amidine groups is 1. The van der Waals surface area contributed by atoms with Crippen LogP contribution in [0.1, 0.15) is 48.5 Å². The van der Waals surface area contributed by atoms with Crippen molar-refractivity contribution in [3.63, 3.8) is 0 Å². The van der Waals surface area contributed by atoms with Gasteiger partial charge in [0.1, 0.15) is 0 Å². The molecule has 0 aromatic heterocycles. The first-order valence-electron chi connectivity index (χ1n) is 6.44. The molecule has 0 spiro atoms. The van der Waals surface area contributed by atoms with Gasteiger partial charge in [-0.25, -0.2) is 0 Å². The summed E-state index contributed by atoms with van der Waals surface area (Å²) in [4.78, 5) is 12.1. The summed E-state index contributed by atoms with van der Waals surface area (Å²) in [5, 5.41) is 14.6. The quantitative estimate of drug-likeness (QED) is 0.336. The summed E-state index contributed by atoms with van der Waals surface area (Å²) in [6.45, 7) is 2.09. The molecule has 1 amide bonds. The molecule has 1 saturated carbocycles. The number of rotatable bonds is 3. The zero-order valence-corrected chi connectivity index (χ0v) is 11.0. The number of hydrogen-bond donors (Lipinski definition) is 3. The molecular weight excluding hydrogens is 242 g/mol. The lowest BCUT2D eigenvalue weighted by Gasteiger charge is -2.25. The lowest BCUT2D eigenvalue weighted by molar-refractivity contribution is 0.0908. The van der Waals surface area contributed by atoms with E-state index >= 15 is 0 Å². The molecule has 0 bridgehead atoms.